The van der Waals surface area contributed by atoms with Gasteiger partial charge in [0.15, 0.2) is 0 Å². The lowest BCUT2D eigenvalue weighted by molar-refractivity contribution is 0.145. The molecule has 0 fully saturated rings. The lowest BCUT2D eigenvalue weighted by Gasteiger charge is -2.30. The van der Waals surface area contributed by atoms with E-state index < -0.39 is 0 Å². The summed E-state index contributed by atoms with van der Waals surface area (Å²) >= 11 is 0. The molecule has 21 heteroatoms. The first-order valence-electron chi connectivity index (χ1n) is 43.7. The second-order valence-electron chi connectivity index (χ2n) is 31.7. The third-order valence-electron chi connectivity index (χ3n) is 19.7. The van der Waals surface area contributed by atoms with Crippen molar-refractivity contribution in [1.29, 1.82) is 0 Å². The van der Waals surface area contributed by atoms with Gasteiger partial charge in [0.1, 0.15) is 0 Å². The summed E-state index contributed by atoms with van der Waals surface area (Å²) in [4.78, 5) is 74.3. The first kappa shape index (κ1) is 106. The van der Waals surface area contributed by atoms with Crippen LogP contribution in [0.2, 0.25) is 0 Å². The first-order valence-corrected chi connectivity index (χ1v) is 43.7. The predicted molar refractivity (Wildman–Crippen MR) is 475 cm³/mol. The number of aliphatic hydroxyl groups excluding tert-OH is 2. The fourth-order valence-corrected chi connectivity index (χ4v) is 13.3. The highest BCUT2D eigenvalue weighted by molar-refractivity contribution is 5.90. The summed E-state index contributed by atoms with van der Waals surface area (Å²) in [6.45, 7) is 38.2. The van der Waals surface area contributed by atoms with Gasteiger partial charge in [-0.2, -0.15) is 0 Å². The molecule has 9 N–H and O–H groups in total. The van der Waals surface area contributed by atoms with Gasteiger partial charge in [-0.05, 0) is 197 Å². The van der Waals surface area contributed by atoms with Gasteiger partial charge in [0.2, 0.25) is 0 Å². The van der Waals surface area contributed by atoms with Crippen LogP contribution in [0, 0.1) is 24.7 Å². The number of unbranched alkanes of at least 4 members (excludes halogenated alkanes) is 12. The van der Waals surface area contributed by atoms with Gasteiger partial charge >= 0.3 is 36.4 Å². The number of ether oxygens (including phenoxy) is 4. The van der Waals surface area contributed by atoms with Crippen LogP contribution in [0.25, 0.3) is 0 Å². The normalized spacial score (nSPS) is 11.4. The molecule has 2 unspecified atom stereocenters. The molecule has 4 aromatic carbocycles. The second kappa shape index (κ2) is 68.6. The summed E-state index contributed by atoms with van der Waals surface area (Å²) in [5.74, 6) is 2.36. The largest absolute Gasteiger partial charge is 0.450 e. The van der Waals surface area contributed by atoms with Crippen LogP contribution in [0.4, 0.5) is 51.5 Å². The Balaban J connectivity index is 0.00000149. The zero-order chi connectivity index (χ0) is 85.3. The van der Waals surface area contributed by atoms with Gasteiger partial charge in [-0.1, -0.05) is 244 Å². The average molecular weight is 1600 g/mol. The summed E-state index contributed by atoms with van der Waals surface area (Å²) in [5, 5.41) is 37.0. The van der Waals surface area contributed by atoms with Gasteiger partial charge in [0.25, 0.3) is 0 Å². The number of amides is 8. The predicted octanol–water partition coefficient (Wildman–Crippen LogP) is 23.4. The van der Waals surface area contributed by atoms with E-state index >= 15 is 0 Å². The van der Waals surface area contributed by atoms with E-state index in [-0.39, 0.29) is 60.6 Å². The fourth-order valence-electron chi connectivity index (χ4n) is 13.3. The monoisotopic (exact) mass is 1600 g/mol. The Morgan fingerprint density at radius 1 is 0.333 bits per heavy atom. The molecule has 0 heterocycles. The molecule has 0 bridgehead atoms. The molecule has 21 nitrogen and oxygen atoms in total. The quantitative estimate of drug-likeness (QED) is 0.0147. The number of anilines is 4. The number of alkyl carbamates (subject to hydrolysis) is 2. The Morgan fingerprint density at radius 3 is 0.825 bits per heavy atom. The zero-order valence-corrected chi connectivity index (χ0v) is 74.6. The number of hydrogen-bond donors (Lipinski definition) is 9. The Morgan fingerprint density at radius 2 is 0.588 bits per heavy atom. The molecule has 0 aliphatic carbocycles. The number of nitrogens with zero attached hydrogens (tertiary/aromatic N) is 2. The lowest BCUT2D eigenvalue weighted by Crippen LogP contribution is -2.44. The van der Waals surface area contributed by atoms with Gasteiger partial charge in [-0.3, -0.25) is 10.6 Å². The number of carbonyl (C=O) groups is 6. The molecule has 114 heavy (non-hydrogen) atoms. The maximum atomic E-state index is 12.6. The van der Waals surface area contributed by atoms with E-state index in [2.05, 4.69) is 92.6 Å². The van der Waals surface area contributed by atoms with E-state index in [0.29, 0.717) is 51.7 Å². The van der Waals surface area contributed by atoms with Gasteiger partial charge in [-0.15, -0.1) is 0 Å². The Kier molecular flexibility index (Phi) is 64.0. The summed E-state index contributed by atoms with van der Waals surface area (Å²) in [7, 11) is 3.14. The molecule has 0 saturated carbocycles. The van der Waals surface area contributed by atoms with Crippen LogP contribution in [0.1, 0.15) is 306 Å². The maximum Gasteiger partial charge on any atom is 0.411 e. The molecule has 8 amide bonds. The minimum atomic E-state index is -0.388. The molecule has 0 spiro atoms. The Bertz CT molecular complexity index is 2910. The third-order valence-corrected chi connectivity index (χ3v) is 19.7. The smallest absolute Gasteiger partial charge is 0.411 e. The average Bonchev–Trinajstić information content (AvgIpc) is 0.862. The molecular formula is C93H161N9O12. The third kappa shape index (κ3) is 56.6. The van der Waals surface area contributed by atoms with Crippen LogP contribution in [-0.2, 0) is 31.8 Å². The van der Waals surface area contributed by atoms with Crippen molar-refractivity contribution in [3.8, 4) is 0 Å². The van der Waals surface area contributed by atoms with Gasteiger partial charge < -0.3 is 65.5 Å². The van der Waals surface area contributed by atoms with Crippen molar-refractivity contribution in [2.75, 3.05) is 75.0 Å². The summed E-state index contributed by atoms with van der Waals surface area (Å²) in [6.07, 6.45) is 31.0. The number of carbonyl (C=O) groups excluding carboxylic acids is 6. The van der Waals surface area contributed by atoms with Crippen LogP contribution in [0.5, 0.6) is 0 Å². The summed E-state index contributed by atoms with van der Waals surface area (Å²) in [6, 6.07) is 33.0. The highest BCUT2D eigenvalue weighted by atomic mass is 16.6. The van der Waals surface area contributed by atoms with E-state index in [4.69, 9.17) is 29.2 Å². The van der Waals surface area contributed by atoms with E-state index in [1.807, 2.05) is 169 Å². The summed E-state index contributed by atoms with van der Waals surface area (Å²) < 4.78 is 20.5. The van der Waals surface area contributed by atoms with Crippen LogP contribution in [0.3, 0.4) is 0 Å². The topological polar surface area (TPSA) is 270 Å². The number of rotatable bonds is 50. The van der Waals surface area contributed by atoms with Crippen LogP contribution in [-0.4, -0.2) is 146 Å². The Hall–Kier alpha value is -7.62. The summed E-state index contributed by atoms with van der Waals surface area (Å²) in [5.41, 5.74) is 7.80. The van der Waals surface area contributed by atoms with Gasteiger partial charge in [0.05, 0.1) is 26.4 Å². The Labute approximate surface area is 691 Å². The van der Waals surface area contributed by atoms with Crippen molar-refractivity contribution in [1.82, 2.24) is 25.8 Å². The zero-order valence-electron chi connectivity index (χ0n) is 74.6. The maximum absolute atomic E-state index is 12.6. The van der Waals surface area contributed by atoms with Crippen molar-refractivity contribution in [2.45, 2.75) is 340 Å². The number of hydrogen-bond acceptors (Lipinski definition) is 13. The lowest BCUT2D eigenvalue weighted by atomic mass is 9.93. The van der Waals surface area contributed by atoms with Crippen LogP contribution < -0.4 is 37.2 Å². The molecular weight excluding hydrogens is 1440 g/mol. The number of urea groups is 2. The number of nitrogens with one attached hydrogen (secondary N) is 7. The molecule has 650 valence electrons. The highest BCUT2D eigenvalue weighted by Gasteiger charge is 2.22. The van der Waals surface area contributed by atoms with Gasteiger partial charge in [0, 0.05) is 86.3 Å². The first-order chi connectivity index (χ1) is 54.6. The molecule has 0 radical (unpaired) electrons. The number of aliphatic hydroxyl groups is 2. The van der Waals surface area contributed by atoms with Crippen molar-refractivity contribution in [3.05, 3.63) is 119 Å². The second-order valence-corrected chi connectivity index (χ2v) is 31.7. The highest BCUT2D eigenvalue weighted by Crippen LogP contribution is 2.25. The SMILES string of the molecule is CC(C)N(C(=O)Nc1ccc(Cc2ccc(NC(=O)N(C(C)C)C(C)C)cc2)cc1)C(C)C.CC(C)NC(C)C.CCC(CCCCCO)CCCCCO.CCC(CCCCCOC(=O)NC)CCCCCOC(=O)Nc1ccc(C)cc1.CCc1ccc(NC(=O)OCCCCCC(CC)CCCCCOC(=O)NC)cc1. The molecule has 4 rings (SSSR count). The molecule has 4 aromatic rings. The minimum Gasteiger partial charge on any atom is -0.450 e. The van der Waals surface area contributed by atoms with E-state index in [9.17, 15) is 28.8 Å². The van der Waals surface area contributed by atoms with Crippen molar-refractivity contribution in [3.63, 3.8) is 0 Å². The van der Waals surface area contributed by atoms with Crippen LogP contribution >= 0.6 is 0 Å². The molecule has 0 aromatic heterocycles. The van der Waals surface area contributed by atoms with Crippen LogP contribution in [0.15, 0.2) is 97.1 Å². The van der Waals surface area contributed by atoms with Crippen molar-refractivity contribution < 1.29 is 57.9 Å². The number of aryl methyl sites for hydroxylation is 2. The van der Waals surface area contributed by atoms with Crippen molar-refractivity contribution >= 4 is 59.2 Å². The van der Waals surface area contributed by atoms with E-state index in [1.54, 1.807) is 14.1 Å². The molecule has 0 saturated heterocycles. The van der Waals surface area contributed by atoms with Gasteiger partial charge in [-0.25, -0.2) is 28.8 Å². The van der Waals surface area contributed by atoms with E-state index in [1.165, 1.54) is 115 Å². The molecule has 0 aliphatic rings. The molecule has 2 atom stereocenters. The minimum absolute atomic E-state index is 0.0844. The van der Waals surface area contributed by atoms with Crippen molar-refractivity contribution in [2.24, 2.45) is 17.8 Å². The molecule has 0 aliphatic heterocycles. The van der Waals surface area contributed by atoms with E-state index in [0.717, 1.165) is 134 Å². The fraction of sp³-hybridized carbons (Fsp3) is 0.677. The standard InChI is InChI=1S/C27H40N4O2.C24H40N2O4.C23H38N2O4.C13H28O2.C6H15N/c1-18(2)30(19(3)4)26(32)28-24-13-9-22(10-14-24)17-23-11-15-25(16-12-23)29-27(33)31(20(5)6)21(7)8;1-4-20(12-8-6-10-18-29-23(27)25-3)13-9-7-11-19-30-24(28)26-22-16-14-21(5-2)15-17-22;1-4-20(11-7-5-9-17-28-22(26)24-3)12-8-6-10-18-29-23(27)25-21-15-13-19(2)14-16-21;1-2-13(9-5-3-7-11-14)10-6-4-8-12-15;1-5(2)7-6(3)4/h9-16,18-21H,17H2,1-8H3,(H,28,32)(H,29,33);14-17,20H,4-13,18-19H2,1-3H3,(H,25,27)(H,26,28);13-16,20H,4-12,17-18H2,1-3H3,(H,24,26)(H,25,27);13-15H,2-12H2,1H3;5-7H,1-4H3. The number of benzene rings is 4.